The Morgan fingerprint density at radius 1 is 1.56 bits per heavy atom. The topological polar surface area (TPSA) is 55.8 Å². The van der Waals surface area contributed by atoms with E-state index in [0.717, 1.165) is 6.42 Å². The standard InChI is InChI=1S/C12H22O4/c1-12(2,3)9(6-13)7-15-8-10-4-5-11(14)16-10/h9-10,13H,4-8H2,1-3H3. The number of aliphatic hydroxyl groups excluding tert-OH is 1. The molecule has 1 heterocycles. The molecular formula is C12H22O4. The first-order chi connectivity index (χ1) is 7.43. The molecule has 0 saturated carbocycles. The molecule has 1 aliphatic heterocycles. The molecule has 4 heteroatoms. The highest BCUT2D eigenvalue weighted by molar-refractivity contribution is 5.71. The van der Waals surface area contributed by atoms with Crippen LogP contribution in [-0.2, 0) is 14.3 Å². The maximum Gasteiger partial charge on any atom is 0.306 e. The lowest BCUT2D eigenvalue weighted by atomic mass is 9.82. The SMILES string of the molecule is CC(C)(C)C(CO)COCC1CCC(=O)O1. The summed E-state index contributed by atoms with van der Waals surface area (Å²) >= 11 is 0. The largest absolute Gasteiger partial charge is 0.460 e. The van der Waals surface area contributed by atoms with Gasteiger partial charge in [-0.15, -0.1) is 0 Å². The number of hydrogen-bond acceptors (Lipinski definition) is 4. The van der Waals surface area contributed by atoms with Crippen molar-refractivity contribution in [2.24, 2.45) is 11.3 Å². The minimum absolute atomic E-state index is 0.0289. The van der Waals surface area contributed by atoms with Crippen LogP contribution >= 0.6 is 0 Å². The molecule has 1 N–H and O–H groups in total. The second kappa shape index (κ2) is 5.64. The summed E-state index contributed by atoms with van der Waals surface area (Å²) in [6.07, 6.45) is 1.15. The van der Waals surface area contributed by atoms with Crippen LogP contribution in [-0.4, -0.2) is 37.0 Å². The number of carbonyl (C=O) groups excluding carboxylic acids is 1. The molecule has 0 aliphatic carbocycles. The molecule has 0 aromatic heterocycles. The zero-order chi connectivity index (χ0) is 12.2. The number of hydrogen-bond donors (Lipinski definition) is 1. The van der Waals surface area contributed by atoms with E-state index in [1.165, 1.54) is 0 Å². The van der Waals surface area contributed by atoms with E-state index in [2.05, 4.69) is 20.8 Å². The maximum atomic E-state index is 10.8. The summed E-state index contributed by atoms with van der Waals surface area (Å²) in [7, 11) is 0. The number of ether oxygens (including phenoxy) is 2. The van der Waals surface area contributed by atoms with E-state index in [9.17, 15) is 9.90 Å². The fourth-order valence-corrected chi connectivity index (χ4v) is 1.62. The van der Waals surface area contributed by atoms with Crippen LogP contribution in [0.3, 0.4) is 0 Å². The number of rotatable bonds is 5. The molecule has 2 atom stereocenters. The van der Waals surface area contributed by atoms with Crippen molar-refractivity contribution in [2.45, 2.75) is 39.7 Å². The van der Waals surface area contributed by atoms with Gasteiger partial charge in [0.1, 0.15) is 6.10 Å². The first-order valence-electron chi connectivity index (χ1n) is 5.81. The predicted octanol–water partition coefficient (Wildman–Crippen LogP) is 1.36. The van der Waals surface area contributed by atoms with Gasteiger partial charge in [0.15, 0.2) is 0 Å². The summed E-state index contributed by atoms with van der Waals surface area (Å²) in [6.45, 7) is 7.30. The maximum absolute atomic E-state index is 10.8. The van der Waals surface area contributed by atoms with Gasteiger partial charge >= 0.3 is 5.97 Å². The summed E-state index contributed by atoms with van der Waals surface area (Å²) in [4.78, 5) is 10.8. The molecule has 16 heavy (non-hydrogen) atoms. The van der Waals surface area contributed by atoms with E-state index in [1.54, 1.807) is 0 Å². The lowest BCUT2D eigenvalue weighted by Crippen LogP contribution is -2.30. The van der Waals surface area contributed by atoms with E-state index in [4.69, 9.17) is 9.47 Å². The Morgan fingerprint density at radius 2 is 2.25 bits per heavy atom. The fourth-order valence-electron chi connectivity index (χ4n) is 1.62. The Balaban J connectivity index is 2.21. The fraction of sp³-hybridized carbons (Fsp3) is 0.917. The molecule has 0 aromatic rings. The van der Waals surface area contributed by atoms with Crippen molar-refractivity contribution < 1.29 is 19.4 Å². The quantitative estimate of drug-likeness (QED) is 0.725. The second-order valence-corrected chi connectivity index (χ2v) is 5.43. The van der Waals surface area contributed by atoms with E-state index < -0.39 is 0 Å². The molecule has 0 spiro atoms. The Bertz CT molecular complexity index is 232. The van der Waals surface area contributed by atoms with Crippen molar-refractivity contribution >= 4 is 5.97 Å². The Kier molecular flexibility index (Phi) is 4.74. The zero-order valence-corrected chi connectivity index (χ0v) is 10.4. The van der Waals surface area contributed by atoms with Crippen molar-refractivity contribution in [3.05, 3.63) is 0 Å². The van der Waals surface area contributed by atoms with Crippen LogP contribution in [0.5, 0.6) is 0 Å². The molecule has 4 nitrogen and oxygen atoms in total. The number of carbonyl (C=O) groups is 1. The van der Waals surface area contributed by atoms with E-state index in [0.29, 0.717) is 19.6 Å². The summed E-state index contributed by atoms with van der Waals surface area (Å²) in [5, 5.41) is 9.23. The van der Waals surface area contributed by atoms with Crippen molar-refractivity contribution in [2.75, 3.05) is 19.8 Å². The molecule has 0 radical (unpaired) electrons. The van der Waals surface area contributed by atoms with E-state index >= 15 is 0 Å². The van der Waals surface area contributed by atoms with Gasteiger partial charge in [-0.3, -0.25) is 4.79 Å². The van der Waals surface area contributed by atoms with Crippen LogP contribution in [0.15, 0.2) is 0 Å². The minimum atomic E-state index is -0.136. The Hall–Kier alpha value is -0.610. The van der Waals surface area contributed by atoms with Crippen molar-refractivity contribution in [1.29, 1.82) is 0 Å². The zero-order valence-electron chi connectivity index (χ0n) is 10.4. The molecule has 0 bridgehead atoms. The van der Waals surface area contributed by atoms with Crippen molar-refractivity contribution in [3.63, 3.8) is 0 Å². The van der Waals surface area contributed by atoms with Crippen LogP contribution < -0.4 is 0 Å². The summed E-state index contributed by atoms with van der Waals surface area (Å²) < 4.78 is 10.5. The summed E-state index contributed by atoms with van der Waals surface area (Å²) in [5.74, 6) is -0.0206. The average molecular weight is 230 g/mol. The third-order valence-corrected chi connectivity index (χ3v) is 3.04. The van der Waals surface area contributed by atoms with Gasteiger partial charge in [0.05, 0.1) is 13.2 Å². The van der Waals surface area contributed by atoms with Gasteiger partial charge in [-0.1, -0.05) is 20.8 Å². The highest BCUT2D eigenvalue weighted by Crippen LogP contribution is 2.25. The smallest absolute Gasteiger partial charge is 0.306 e. The van der Waals surface area contributed by atoms with Gasteiger partial charge in [-0.25, -0.2) is 0 Å². The van der Waals surface area contributed by atoms with Crippen molar-refractivity contribution in [3.8, 4) is 0 Å². The van der Waals surface area contributed by atoms with Crippen LogP contribution in [0.25, 0.3) is 0 Å². The van der Waals surface area contributed by atoms with Gasteiger partial charge in [-0.2, -0.15) is 0 Å². The molecule has 94 valence electrons. The Labute approximate surface area is 96.9 Å². The van der Waals surface area contributed by atoms with Crippen LogP contribution in [0.2, 0.25) is 0 Å². The van der Waals surface area contributed by atoms with Gasteiger partial charge in [-0.05, 0) is 11.8 Å². The molecule has 1 rings (SSSR count). The Morgan fingerprint density at radius 3 is 2.69 bits per heavy atom. The molecule has 1 aliphatic rings. The van der Waals surface area contributed by atoms with Gasteiger partial charge < -0.3 is 14.6 Å². The first kappa shape index (κ1) is 13.5. The highest BCUT2D eigenvalue weighted by atomic mass is 16.6. The third kappa shape index (κ3) is 4.10. The van der Waals surface area contributed by atoms with Gasteiger partial charge in [0.25, 0.3) is 0 Å². The van der Waals surface area contributed by atoms with Crippen LogP contribution in [0, 0.1) is 11.3 Å². The average Bonchev–Trinajstić information content (AvgIpc) is 2.57. The number of aliphatic hydroxyl groups is 1. The normalized spacial score (nSPS) is 23.2. The summed E-state index contributed by atoms with van der Waals surface area (Å²) in [6, 6.07) is 0. The molecular weight excluding hydrogens is 208 g/mol. The lowest BCUT2D eigenvalue weighted by molar-refractivity contribution is -0.143. The monoisotopic (exact) mass is 230 g/mol. The van der Waals surface area contributed by atoms with Crippen LogP contribution in [0.4, 0.5) is 0 Å². The highest BCUT2D eigenvalue weighted by Gasteiger charge is 2.26. The first-order valence-corrected chi connectivity index (χ1v) is 5.81. The minimum Gasteiger partial charge on any atom is -0.460 e. The van der Waals surface area contributed by atoms with Crippen LogP contribution in [0.1, 0.15) is 33.6 Å². The predicted molar refractivity (Wildman–Crippen MR) is 60.0 cm³/mol. The number of esters is 1. The van der Waals surface area contributed by atoms with Gasteiger partial charge in [0, 0.05) is 18.9 Å². The molecule has 0 amide bonds. The molecule has 0 aromatic carbocycles. The molecule has 1 fully saturated rings. The number of cyclic esters (lactones) is 1. The lowest BCUT2D eigenvalue weighted by Gasteiger charge is -2.29. The van der Waals surface area contributed by atoms with Crippen molar-refractivity contribution in [1.82, 2.24) is 0 Å². The molecule has 1 saturated heterocycles. The van der Waals surface area contributed by atoms with Gasteiger partial charge in [0.2, 0.25) is 0 Å². The van der Waals surface area contributed by atoms with E-state index in [-0.39, 0.29) is 30.0 Å². The van der Waals surface area contributed by atoms with E-state index in [1.807, 2.05) is 0 Å². The third-order valence-electron chi connectivity index (χ3n) is 3.04. The summed E-state index contributed by atoms with van der Waals surface area (Å²) in [5.41, 5.74) is 0.0289. The second-order valence-electron chi connectivity index (χ2n) is 5.43. The molecule has 2 unspecified atom stereocenters.